The van der Waals surface area contributed by atoms with E-state index in [-0.39, 0.29) is 17.4 Å². The molecule has 1 atom stereocenters. The van der Waals surface area contributed by atoms with Crippen LogP contribution in [0.5, 0.6) is 5.75 Å². The molecule has 2 aliphatic heterocycles. The molecule has 1 aromatic carbocycles. The number of hydrogen-bond donors (Lipinski definition) is 1. The summed E-state index contributed by atoms with van der Waals surface area (Å²) < 4.78 is 5.47. The highest BCUT2D eigenvalue weighted by atomic mass is 16.5. The van der Waals surface area contributed by atoms with Gasteiger partial charge in [-0.1, -0.05) is 24.3 Å². The minimum atomic E-state index is -0.0783. The third kappa shape index (κ3) is 4.39. The highest BCUT2D eigenvalue weighted by Crippen LogP contribution is 2.27. The molecule has 1 unspecified atom stereocenters. The summed E-state index contributed by atoms with van der Waals surface area (Å²) in [5.41, 5.74) is 3.08. The van der Waals surface area contributed by atoms with E-state index in [1.54, 1.807) is 30.3 Å². The van der Waals surface area contributed by atoms with Gasteiger partial charge in [0.05, 0.1) is 18.4 Å². The number of carbonyl (C=O) groups excluding carboxylic acids is 1. The number of likely N-dealkylation sites (tertiary alicyclic amines) is 1. The van der Waals surface area contributed by atoms with E-state index in [4.69, 9.17) is 9.72 Å². The van der Waals surface area contributed by atoms with Gasteiger partial charge in [0.1, 0.15) is 17.3 Å². The van der Waals surface area contributed by atoms with Gasteiger partial charge < -0.3 is 14.6 Å². The van der Waals surface area contributed by atoms with E-state index in [1.807, 2.05) is 24.3 Å². The van der Waals surface area contributed by atoms with Crippen LogP contribution in [-0.4, -0.2) is 57.4 Å². The molecule has 1 fully saturated rings. The first kappa shape index (κ1) is 21.3. The zero-order valence-electron chi connectivity index (χ0n) is 18.7. The highest BCUT2D eigenvalue weighted by Gasteiger charge is 2.31. The third-order valence-corrected chi connectivity index (χ3v) is 6.50. The SMILES string of the molecule is COc1ccccc1CN1CCc2nc(C3CCN(C(=O)c4ccccn4)C3)[nH]c(=O)c2C1. The molecule has 0 saturated carbocycles. The second-order valence-corrected chi connectivity index (χ2v) is 8.60. The number of benzene rings is 1. The molecule has 8 nitrogen and oxygen atoms in total. The van der Waals surface area contributed by atoms with E-state index in [0.717, 1.165) is 48.5 Å². The van der Waals surface area contributed by atoms with E-state index in [2.05, 4.69) is 20.9 Å². The summed E-state index contributed by atoms with van der Waals surface area (Å²) in [7, 11) is 1.68. The standard InChI is InChI=1S/C25H27N5O3/c1-33-22-8-3-2-6-17(22)14-29-12-10-20-19(16-29)24(31)28-23(27-20)18-9-13-30(15-18)25(32)21-7-4-5-11-26-21/h2-8,11,18H,9-10,12-16H2,1H3,(H,27,28,31). The summed E-state index contributed by atoms with van der Waals surface area (Å²) in [6, 6.07) is 13.3. The molecule has 8 heteroatoms. The van der Waals surface area contributed by atoms with E-state index in [0.29, 0.717) is 31.2 Å². The fraction of sp³-hybridized carbons (Fsp3) is 0.360. The van der Waals surface area contributed by atoms with Gasteiger partial charge in [-0.15, -0.1) is 0 Å². The number of fused-ring (bicyclic) bond motifs is 1. The molecule has 0 spiro atoms. The molecular formula is C25H27N5O3. The van der Waals surface area contributed by atoms with Gasteiger partial charge in [-0.05, 0) is 24.6 Å². The van der Waals surface area contributed by atoms with Crippen LogP contribution in [0, 0.1) is 0 Å². The van der Waals surface area contributed by atoms with E-state index < -0.39 is 0 Å². The second kappa shape index (κ2) is 9.15. The molecule has 0 bridgehead atoms. The second-order valence-electron chi connectivity index (χ2n) is 8.60. The zero-order valence-corrected chi connectivity index (χ0v) is 18.7. The number of ether oxygens (including phenoxy) is 1. The molecule has 4 heterocycles. The number of nitrogens with zero attached hydrogens (tertiary/aromatic N) is 4. The number of hydrogen-bond acceptors (Lipinski definition) is 6. The fourth-order valence-electron chi connectivity index (χ4n) is 4.72. The summed E-state index contributed by atoms with van der Waals surface area (Å²) in [5.74, 6) is 1.50. The lowest BCUT2D eigenvalue weighted by molar-refractivity contribution is 0.0784. The Labute approximate surface area is 192 Å². The first-order valence-corrected chi connectivity index (χ1v) is 11.3. The number of rotatable bonds is 5. The number of H-pyrrole nitrogens is 1. The molecule has 3 aromatic rings. The van der Waals surface area contributed by atoms with Crippen molar-refractivity contribution >= 4 is 5.91 Å². The number of para-hydroxylation sites is 1. The van der Waals surface area contributed by atoms with Gasteiger partial charge >= 0.3 is 0 Å². The molecule has 1 N–H and O–H groups in total. The molecule has 1 saturated heterocycles. The van der Waals surface area contributed by atoms with Gasteiger partial charge in [-0.25, -0.2) is 4.98 Å². The summed E-state index contributed by atoms with van der Waals surface area (Å²) in [6.07, 6.45) is 3.13. The van der Waals surface area contributed by atoms with Gasteiger partial charge in [-0.2, -0.15) is 0 Å². The minimum absolute atomic E-state index is 0.0299. The van der Waals surface area contributed by atoms with Crippen LogP contribution in [0.25, 0.3) is 0 Å². The maximum atomic E-state index is 13.0. The normalized spacial score (nSPS) is 18.2. The van der Waals surface area contributed by atoms with Crippen molar-refractivity contribution in [3.8, 4) is 5.75 Å². The number of aromatic nitrogens is 3. The van der Waals surface area contributed by atoms with Crippen molar-refractivity contribution in [3.05, 3.63) is 87.4 Å². The molecule has 2 aliphatic rings. The van der Waals surface area contributed by atoms with Crippen LogP contribution >= 0.6 is 0 Å². The topological polar surface area (TPSA) is 91.4 Å². The van der Waals surface area contributed by atoms with Crippen LogP contribution in [0.1, 0.15) is 45.5 Å². The Bertz CT molecular complexity index is 1210. The molecule has 1 amide bonds. The highest BCUT2D eigenvalue weighted by molar-refractivity contribution is 5.92. The Hall–Kier alpha value is -3.52. The average Bonchev–Trinajstić information content (AvgIpc) is 3.35. The Morgan fingerprint density at radius 2 is 2.03 bits per heavy atom. The van der Waals surface area contributed by atoms with Crippen LogP contribution in [0.3, 0.4) is 0 Å². The molecular weight excluding hydrogens is 418 g/mol. The van der Waals surface area contributed by atoms with Crippen LogP contribution < -0.4 is 10.3 Å². The van der Waals surface area contributed by atoms with Gasteiger partial charge in [0.2, 0.25) is 0 Å². The Morgan fingerprint density at radius 3 is 2.85 bits per heavy atom. The molecule has 33 heavy (non-hydrogen) atoms. The fourth-order valence-corrected chi connectivity index (χ4v) is 4.72. The van der Waals surface area contributed by atoms with E-state index in [1.165, 1.54) is 0 Å². The summed E-state index contributed by atoms with van der Waals surface area (Å²) in [4.78, 5) is 41.7. The Balaban J connectivity index is 1.29. The summed E-state index contributed by atoms with van der Waals surface area (Å²) >= 11 is 0. The maximum Gasteiger partial charge on any atom is 0.272 e. The van der Waals surface area contributed by atoms with Crippen LogP contribution in [0.2, 0.25) is 0 Å². The predicted molar refractivity (Wildman–Crippen MR) is 123 cm³/mol. The molecule has 0 radical (unpaired) electrons. The summed E-state index contributed by atoms with van der Waals surface area (Å²) in [6.45, 7) is 3.28. The number of pyridine rings is 1. The van der Waals surface area contributed by atoms with Crippen LogP contribution in [0.4, 0.5) is 0 Å². The smallest absolute Gasteiger partial charge is 0.272 e. The summed E-state index contributed by atoms with van der Waals surface area (Å²) in [5, 5.41) is 0. The Kier molecular flexibility index (Phi) is 5.92. The number of nitrogens with one attached hydrogen (secondary N) is 1. The van der Waals surface area contributed by atoms with Crippen molar-refractivity contribution in [2.24, 2.45) is 0 Å². The molecule has 170 valence electrons. The maximum absolute atomic E-state index is 13.0. The van der Waals surface area contributed by atoms with E-state index in [9.17, 15) is 9.59 Å². The van der Waals surface area contributed by atoms with Crippen molar-refractivity contribution in [1.29, 1.82) is 0 Å². The number of methoxy groups -OCH3 is 1. The van der Waals surface area contributed by atoms with Gasteiger partial charge in [0, 0.05) is 56.8 Å². The van der Waals surface area contributed by atoms with Gasteiger partial charge in [0.15, 0.2) is 0 Å². The Morgan fingerprint density at radius 1 is 1.18 bits per heavy atom. The quantitative estimate of drug-likeness (QED) is 0.648. The van der Waals surface area contributed by atoms with Crippen molar-refractivity contribution in [1.82, 2.24) is 24.8 Å². The van der Waals surface area contributed by atoms with Crippen molar-refractivity contribution in [2.75, 3.05) is 26.7 Å². The monoisotopic (exact) mass is 445 g/mol. The first-order chi connectivity index (χ1) is 16.1. The van der Waals surface area contributed by atoms with Gasteiger partial charge in [0.25, 0.3) is 11.5 Å². The van der Waals surface area contributed by atoms with Crippen LogP contribution in [-0.2, 0) is 19.5 Å². The average molecular weight is 446 g/mol. The minimum Gasteiger partial charge on any atom is -0.496 e. The molecule has 0 aliphatic carbocycles. The lowest BCUT2D eigenvalue weighted by Gasteiger charge is -2.28. The van der Waals surface area contributed by atoms with E-state index >= 15 is 0 Å². The number of carbonyl (C=O) groups is 1. The van der Waals surface area contributed by atoms with Crippen molar-refractivity contribution < 1.29 is 9.53 Å². The zero-order chi connectivity index (χ0) is 22.8. The van der Waals surface area contributed by atoms with Crippen LogP contribution in [0.15, 0.2) is 53.5 Å². The van der Waals surface area contributed by atoms with Crippen molar-refractivity contribution in [2.45, 2.75) is 31.8 Å². The lowest BCUT2D eigenvalue weighted by Crippen LogP contribution is -2.36. The first-order valence-electron chi connectivity index (χ1n) is 11.3. The largest absolute Gasteiger partial charge is 0.496 e. The predicted octanol–water partition coefficient (Wildman–Crippen LogP) is 2.36. The third-order valence-electron chi connectivity index (χ3n) is 6.50. The molecule has 2 aromatic heterocycles. The van der Waals surface area contributed by atoms with Crippen molar-refractivity contribution in [3.63, 3.8) is 0 Å². The van der Waals surface area contributed by atoms with Gasteiger partial charge in [-0.3, -0.25) is 19.5 Å². The molecule has 5 rings (SSSR count). The lowest BCUT2D eigenvalue weighted by atomic mass is 10.0. The number of aromatic amines is 1. The number of amides is 1.